The summed E-state index contributed by atoms with van der Waals surface area (Å²) in [5.41, 5.74) is 2.22. The van der Waals surface area contributed by atoms with Crippen LogP contribution in [0.15, 0.2) is 24.3 Å². The molecule has 2 amide bonds. The zero-order valence-electron chi connectivity index (χ0n) is 14.4. The van der Waals surface area contributed by atoms with Gasteiger partial charge in [-0.3, -0.25) is 9.59 Å². The predicted octanol–water partition coefficient (Wildman–Crippen LogP) is 1.27. The van der Waals surface area contributed by atoms with E-state index in [9.17, 15) is 9.59 Å². The third-order valence-electron chi connectivity index (χ3n) is 3.99. The number of rotatable bonds is 7. The number of carbonyl (C=O) groups excluding carboxylic acids is 2. The summed E-state index contributed by atoms with van der Waals surface area (Å²) in [6, 6.07) is 8.00. The van der Waals surface area contributed by atoms with Crippen LogP contribution in [0.4, 0.5) is 0 Å². The van der Waals surface area contributed by atoms with Gasteiger partial charge < -0.3 is 19.7 Å². The topological polar surface area (TPSA) is 67.9 Å². The molecule has 24 heavy (non-hydrogen) atoms. The molecule has 1 heterocycles. The minimum atomic E-state index is -0.551. The number of aryl methyl sites for hydroxylation is 1. The number of benzene rings is 1. The molecule has 132 valence electrons. The Morgan fingerprint density at radius 2 is 1.92 bits per heavy atom. The van der Waals surface area contributed by atoms with Crippen LogP contribution in [-0.2, 0) is 25.7 Å². The highest BCUT2D eigenvalue weighted by molar-refractivity contribution is 5.81. The summed E-state index contributed by atoms with van der Waals surface area (Å²) >= 11 is 0. The first kappa shape index (κ1) is 18.4. The van der Waals surface area contributed by atoms with Gasteiger partial charge in [-0.15, -0.1) is 0 Å². The van der Waals surface area contributed by atoms with E-state index >= 15 is 0 Å². The van der Waals surface area contributed by atoms with Crippen LogP contribution in [0.5, 0.6) is 0 Å². The smallest absolute Gasteiger partial charge is 0.248 e. The molecule has 2 rings (SSSR count). The lowest BCUT2D eigenvalue weighted by atomic mass is 10.2. The molecule has 0 aliphatic carbocycles. The first-order valence-electron chi connectivity index (χ1n) is 8.36. The second kappa shape index (κ2) is 9.39. The van der Waals surface area contributed by atoms with Crippen molar-refractivity contribution in [1.82, 2.24) is 10.2 Å². The molecule has 0 bridgehead atoms. The van der Waals surface area contributed by atoms with Gasteiger partial charge in [0, 0.05) is 26.1 Å². The van der Waals surface area contributed by atoms with Crippen LogP contribution >= 0.6 is 0 Å². The van der Waals surface area contributed by atoms with Crippen molar-refractivity contribution in [2.75, 3.05) is 32.8 Å². The van der Waals surface area contributed by atoms with Gasteiger partial charge in [-0.2, -0.15) is 0 Å². The van der Waals surface area contributed by atoms with Gasteiger partial charge in [-0.1, -0.05) is 29.8 Å². The molecule has 0 saturated carbocycles. The Morgan fingerprint density at radius 3 is 2.58 bits per heavy atom. The number of ether oxygens (including phenoxy) is 2. The second-order valence-corrected chi connectivity index (χ2v) is 5.97. The third-order valence-corrected chi connectivity index (χ3v) is 3.99. The molecule has 0 radical (unpaired) electrons. The minimum Gasteiger partial charge on any atom is -0.378 e. The molecule has 1 aliphatic heterocycles. The van der Waals surface area contributed by atoms with E-state index in [4.69, 9.17) is 9.47 Å². The molecule has 0 spiro atoms. The molecular formula is C18H26N2O4. The molecule has 6 nitrogen and oxygen atoms in total. The fourth-order valence-corrected chi connectivity index (χ4v) is 2.39. The molecule has 6 heteroatoms. The highest BCUT2D eigenvalue weighted by Gasteiger charge is 2.18. The van der Waals surface area contributed by atoms with E-state index in [2.05, 4.69) is 5.32 Å². The highest BCUT2D eigenvalue weighted by Crippen LogP contribution is 2.06. The monoisotopic (exact) mass is 334 g/mol. The van der Waals surface area contributed by atoms with Crippen LogP contribution in [0.25, 0.3) is 0 Å². The number of hydrogen-bond donors (Lipinski definition) is 1. The van der Waals surface area contributed by atoms with Gasteiger partial charge in [0.2, 0.25) is 11.8 Å². The van der Waals surface area contributed by atoms with Crippen LogP contribution < -0.4 is 5.32 Å². The Hall–Kier alpha value is -1.92. The van der Waals surface area contributed by atoms with E-state index in [1.165, 1.54) is 5.56 Å². The van der Waals surface area contributed by atoms with Gasteiger partial charge in [-0.25, -0.2) is 0 Å². The zero-order valence-corrected chi connectivity index (χ0v) is 14.4. The lowest BCUT2D eigenvalue weighted by Crippen LogP contribution is -2.42. The molecule has 1 unspecified atom stereocenters. The predicted molar refractivity (Wildman–Crippen MR) is 90.5 cm³/mol. The highest BCUT2D eigenvalue weighted by atomic mass is 16.5. The van der Waals surface area contributed by atoms with E-state index in [1.54, 1.807) is 11.8 Å². The maximum absolute atomic E-state index is 12.0. The van der Waals surface area contributed by atoms with E-state index in [0.717, 1.165) is 5.56 Å². The van der Waals surface area contributed by atoms with Crippen LogP contribution in [0.2, 0.25) is 0 Å². The van der Waals surface area contributed by atoms with Crippen molar-refractivity contribution in [2.24, 2.45) is 0 Å². The van der Waals surface area contributed by atoms with Crippen LogP contribution in [0.3, 0.4) is 0 Å². The van der Waals surface area contributed by atoms with Crippen molar-refractivity contribution in [1.29, 1.82) is 0 Å². The maximum atomic E-state index is 12.0. The summed E-state index contributed by atoms with van der Waals surface area (Å²) in [6.45, 7) is 6.89. The average Bonchev–Trinajstić information content (AvgIpc) is 2.61. The van der Waals surface area contributed by atoms with Crippen LogP contribution in [0, 0.1) is 6.92 Å². The van der Waals surface area contributed by atoms with Gasteiger partial charge in [0.25, 0.3) is 0 Å². The Kier molecular flexibility index (Phi) is 7.21. The normalized spacial score (nSPS) is 15.8. The molecule has 1 saturated heterocycles. The Bertz CT molecular complexity index is 538. The van der Waals surface area contributed by atoms with E-state index in [-0.39, 0.29) is 11.8 Å². The van der Waals surface area contributed by atoms with Crippen molar-refractivity contribution < 1.29 is 19.1 Å². The van der Waals surface area contributed by atoms with Gasteiger partial charge in [-0.05, 0) is 19.4 Å². The number of hydrogen-bond acceptors (Lipinski definition) is 4. The van der Waals surface area contributed by atoms with E-state index < -0.39 is 6.10 Å². The quantitative estimate of drug-likeness (QED) is 0.815. The molecule has 1 atom stereocenters. The van der Waals surface area contributed by atoms with Gasteiger partial charge in [0.1, 0.15) is 6.10 Å². The van der Waals surface area contributed by atoms with E-state index in [0.29, 0.717) is 45.9 Å². The zero-order chi connectivity index (χ0) is 17.4. The third kappa shape index (κ3) is 5.94. The summed E-state index contributed by atoms with van der Waals surface area (Å²) in [7, 11) is 0. The summed E-state index contributed by atoms with van der Waals surface area (Å²) in [5, 5.41) is 2.76. The summed E-state index contributed by atoms with van der Waals surface area (Å²) in [6.07, 6.45) is -0.249. The molecule has 1 aromatic rings. The van der Waals surface area contributed by atoms with Crippen LogP contribution in [0.1, 0.15) is 24.5 Å². The standard InChI is InChI=1S/C18H26N2O4/c1-14-3-5-16(6-4-14)13-24-15(2)18(22)19-8-7-17(21)20-9-11-23-12-10-20/h3-6,15H,7-13H2,1-2H3,(H,19,22). The number of carbonyl (C=O) groups is 2. The summed E-state index contributed by atoms with van der Waals surface area (Å²) in [5.74, 6) is -0.149. The average molecular weight is 334 g/mol. The lowest BCUT2D eigenvalue weighted by Gasteiger charge is -2.26. The number of nitrogens with one attached hydrogen (secondary N) is 1. The summed E-state index contributed by atoms with van der Waals surface area (Å²) in [4.78, 5) is 25.7. The maximum Gasteiger partial charge on any atom is 0.248 e. The molecule has 1 fully saturated rings. The van der Waals surface area contributed by atoms with Gasteiger partial charge in [0.15, 0.2) is 0 Å². The fourth-order valence-electron chi connectivity index (χ4n) is 2.39. The van der Waals surface area contributed by atoms with Crippen molar-refractivity contribution in [3.8, 4) is 0 Å². The van der Waals surface area contributed by atoms with E-state index in [1.807, 2.05) is 31.2 Å². The Morgan fingerprint density at radius 1 is 1.25 bits per heavy atom. The van der Waals surface area contributed by atoms with Crippen molar-refractivity contribution >= 4 is 11.8 Å². The molecule has 1 aromatic carbocycles. The van der Waals surface area contributed by atoms with Crippen molar-refractivity contribution in [3.63, 3.8) is 0 Å². The molecule has 0 aromatic heterocycles. The molecule has 1 aliphatic rings. The Balaban J connectivity index is 1.64. The number of morpholine rings is 1. The Labute approximate surface area is 143 Å². The largest absolute Gasteiger partial charge is 0.378 e. The SMILES string of the molecule is Cc1ccc(COC(C)C(=O)NCCC(=O)N2CCOCC2)cc1. The first-order valence-corrected chi connectivity index (χ1v) is 8.36. The molecule has 1 N–H and O–H groups in total. The minimum absolute atomic E-state index is 0.0480. The second-order valence-electron chi connectivity index (χ2n) is 5.97. The van der Waals surface area contributed by atoms with Gasteiger partial charge >= 0.3 is 0 Å². The summed E-state index contributed by atoms with van der Waals surface area (Å²) < 4.78 is 10.8. The van der Waals surface area contributed by atoms with Crippen molar-refractivity contribution in [3.05, 3.63) is 35.4 Å². The first-order chi connectivity index (χ1) is 11.6. The number of amides is 2. The molecular weight excluding hydrogens is 308 g/mol. The fraction of sp³-hybridized carbons (Fsp3) is 0.556. The van der Waals surface area contributed by atoms with Gasteiger partial charge in [0.05, 0.1) is 19.8 Å². The lowest BCUT2D eigenvalue weighted by molar-refractivity contribution is -0.135. The van der Waals surface area contributed by atoms with Crippen molar-refractivity contribution in [2.45, 2.75) is 33.0 Å². The van der Waals surface area contributed by atoms with Crippen LogP contribution in [-0.4, -0.2) is 55.7 Å². The number of nitrogens with zero attached hydrogens (tertiary/aromatic N) is 1.